The van der Waals surface area contributed by atoms with E-state index in [0.29, 0.717) is 40.6 Å². The molecule has 202 valence electrons. The van der Waals surface area contributed by atoms with Gasteiger partial charge in [-0.15, -0.1) is 0 Å². The van der Waals surface area contributed by atoms with Gasteiger partial charge in [-0.1, -0.05) is 25.4 Å². The molecule has 1 aromatic heterocycles. The van der Waals surface area contributed by atoms with Crippen LogP contribution < -0.4 is 15.2 Å². The first kappa shape index (κ1) is 28.0. The van der Waals surface area contributed by atoms with Crippen LogP contribution in [0.15, 0.2) is 48.5 Å². The lowest BCUT2D eigenvalue weighted by molar-refractivity contribution is 0.0396. The first-order chi connectivity index (χ1) is 17.9. The van der Waals surface area contributed by atoms with Gasteiger partial charge in [0.1, 0.15) is 11.4 Å². The summed E-state index contributed by atoms with van der Waals surface area (Å²) in [6.07, 6.45) is 2.48. The van der Waals surface area contributed by atoms with E-state index in [1.807, 2.05) is 26.0 Å². The Morgan fingerprint density at radius 2 is 1.87 bits per heavy atom. The average Bonchev–Trinajstić information content (AvgIpc) is 3.73. The molecule has 0 spiro atoms. The highest BCUT2D eigenvalue weighted by molar-refractivity contribution is 6.31. The summed E-state index contributed by atoms with van der Waals surface area (Å²) in [6, 6.07) is 13.2. The molecule has 0 saturated heterocycles. The van der Waals surface area contributed by atoms with E-state index in [4.69, 9.17) is 31.8 Å². The van der Waals surface area contributed by atoms with Gasteiger partial charge in [0.15, 0.2) is 17.3 Å². The Hall–Kier alpha value is -3.00. The zero-order chi connectivity index (χ0) is 27.7. The number of nitrogens with two attached hydrogens (primary N) is 1. The van der Waals surface area contributed by atoms with Crippen molar-refractivity contribution in [1.82, 2.24) is 4.98 Å². The van der Waals surface area contributed by atoms with Crippen molar-refractivity contribution in [2.45, 2.75) is 63.6 Å². The number of carbonyl (C=O) groups excluding carboxylic acids is 1. The molecule has 0 aliphatic heterocycles. The van der Waals surface area contributed by atoms with Crippen LogP contribution in [0, 0.1) is 5.82 Å². The Labute approximate surface area is 227 Å². The number of aromatic nitrogens is 1. The molecule has 1 unspecified atom stereocenters. The van der Waals surface area contributed by atoms with Crippen LogP contribution in [0.25, 0.3) is 11.3 Å². The summed E-state index contributed by atoms with van der Waals surface area (Å²) in [7, 11) is 1.54. The number of ketones is 1. The van der Waals surface area contributed by atoms with E-state index in [2.05, 4.69) is 0 Å². The standard InChI is InChI=1S/C30H34ClFN2O4/c1-29(2,17-33)20-15-24(18-5-9-23(32)22(31)13-18)34-28(16-20)30(3,36)12-11-25(35)19-6-10-26(27(14-19)37-4)38-21-7-8-21/h5-6,9-10,13-16,21,36H,7-8,11-12,17,33H2,1-4H3. The van der Waals surface area contributed by atoms with Crippen molar-refractivity contribution >= 4 is 17.4 Å². The number of methoxy groups -OCH3 is 1. The maximum atomic E-state index is 13.8. The highest BCUT2D eigenvalue weighted by atomic mass is 35.5. The van der Waals surface area contributed by atoms with Crippen LogP contribution in [0.2, 0.25) is 5.02 Å². The third-order valence-electron chi connectivity index (χ3n) is 7.03. The Morgan fingerprint density at radius 3 is 2.50 bits per heavy atom. The second-order valence-electron chi connectivity index (χ2n) is 10.7. The van der Waals surface area contributed by atoms with Crippen molar-refractivity contribution in [2.24, 2.45) is 5.73 Å². The molecule has 1 aliphatic rings. The minimum atomic E-state index is -1.42. The minimum absolute atomic E-state index is 0.0179. The summed E-state index contributed by atoms with van der Waals surface area (Å²) in [5, 5.41) is 11.5. The number of carbonyl (C=O) groups is 1. The van der Waals surface area contributed by atoms with E-state index in [1.165, 1.54) is 12.1 Å². The summed E-state index contributed by atoms with van der Waals surface area (Å²) in [6.45, 7) is 5.99. The fourth-order valence-electron chi connectivity index (χ4n) is 4.05. The third kappa shape index (κ3) is 6.34. The maximum absolute atomic E-state index is 13.8. The minimum Gasteiger partial charge on any atom is -0.493 e. The van der Waals surface area contributed by atoms with Crippen molar-refractivity contribution in [3.63, 3.8) is 0 Å². The van der Waals surface area contributed by atoms with Crippen LogP contribution in [0.3, 0.4) is 0 Å². The number of halogens is 2. The topological polar surface area (TPSA) is 94.7 Å². The number of aliphatic hydroxyl groups is 1. The van der Waals surface area contributed by atoms with Gasteiger partial charge in [0.25, 0.3) is 0 Å². The number of Topliss-reactive ketones (excluding diaryl/α,β-unsaturated/α-hetero) is 1. The monoisotopic (exact) mass is 540 g/mol. The summed E-state index contributed by atoms with van der Waals surface area (Å²) < 4.78 is 25.1. The largest absolute Gasteiger partial charge is 0.493 e. The molecular formula is C30H34ClFN2O4. The summed E-state index contributed by atoms with van der Waals surface area (Å²) >= 11 is 6.03. The number of nitrogens with zero attached hydrogens (tertiary/aromatic N) is 1. The summed E-state index contributed by atoms with van der Waals surface area (Å²) in [4.78, 5) is 17.8. The lowest BCUT2D eigenvalue weighted by Gasteiger charge is -2.28. The van der Waals surface area contributed by atoms with Gasteiger partial charge in [-0.3, -0.25) is 4.79 Å². The predicted octanol–water partition coefficient (Wildman–Crippen LogP) is 6.20. The molecule has 1 aliphatic carbocycles. The van der Waals surface area contributed by atoms with Crippen LogP contribution >= 0.6 is 11.6 Å². The Kier molecular flexibility index (Phi) is 8.12. The molecule has 1 saturated carbocycles. The van der Waals surface area contributed by atoms with Gasteiger partial charge in [-0.05, 0) is 80.3 Å². The van der Waals surface area contributed by atoms with E-state index in [-0.39, 0.29) is 29.8 Å². The Balaban J connectivity index is 1.59. The summed E-state index contributed by atoms with van der Waals surface area (Å²) in [5.74, 6) is 0.472. The molecule has 38 heavy (non-hydrogen) atoms. The quantitative estimate of drug-likeness (QED) is 0.281. The van der Waals surface area contributed by atoms with E-state index in [1.54, 1.807) is 38.3 Å². The van der Waals surface area contributed by atoms with Crippen LogP contribution in [0.1, 0.15) is 68.1 Å². The second kappa shape index (κ2) is 11.0. The Bertz CT molecular complexity index is 1340. The van der Waals surface area contributed by atoms with Gasteiger partial charge in [-0.2, -0.15) is 0 Å². The van der Waals surface area contributed by atoms with Crippen LogP contribution in [0.5, 0.6) is 11.5 Å². The van der Waals surface area contributed by atoms with Gasteiger partial charge in [0.2, 0.25) is 0 Å². The lowest BCUT2D eigenvalue weighted by Crippen LogP contribution is -2.30. The van der Waals surface area contributed by atoms with Crippen LogP contribution in [-0.2, 0) is 11.0 Å². The van der Waals surface area contributed by atoms with Crippen molar-refractivity contribution in [3.8, 4) is 22.8 Å². The SMILES string of the molecule is COc1cc(C(=O)CCC(C)(O)c2cc(C(C)(C)CN)cc(-c3ccc(F)c(Cl)c3)n2)ccc1OC1CC1. The number of pyridine rings is 1. The molecule has 3 N–H and O–H groups in total. The number of hydrogen-bond acceptors (Lipinski definition) is 6. The molecule has 0 bridgehead atoms. The van der Waals surface area contributed by atoms with Gasteiger partial charge in [0, 0.05) is 29.5 Å². The van der Waals surface area contributed by atoms with Gasteiger partial charge < -0.3 is 20.3 Å². The van der Waals surface area contributed by atoms with Crippen LogP contribution in [-0.4, -0.2) is 35.6 Å². The number of ether oxygens (including phenoxy) is 2. The van der Waals surface area contributed by atoms with Crippen molar-refractivity contribution < 1.29 is 23.8 Å². The molecule has 8 heteroatoms. The van der Waals surface area contributed by atoms with Gasteiger partial charge in [0.05, 0.1) is 29.6 Å². The zero-order valence-corrected chi connectivity index (χ0v) is 22.9. The maximum Gasteiger partial charge on any atom is 0.163 e. The number of rotatable bonds is 11. The lowest BCUT2D eigenvalue weighted by atomic mass is 9.82. The molecule has 3 aromatic rings. The molecular weight excluding hydrogens is 507 g/mol. The molecule has 1 atom stereocenters. The summed E-state index contributed by atoms with van der Waals surface area (Å²) in [5.41, 5.74) is 7.08. The number of benzene rings is 2. The van der Waals surface area contributed by atoms with E-state index >= 15 is 0 Å². The smallest absolute Gasteiger partial charge is 0.163 e. The third-order valence-corrected chi connectivity index (χ3v) is 7.32. The van der Waals surface area contributed by atoms with Crippen LogP contribution in [0.4, 0.5) is 4.39 Å². The van der Waals surface area contributed by atoms with E-state index < -0.39 is 16.8 Å². The van der Waals surface area contributed by atoms with Gasteiger partial charge >= 0.3 is 0 Å². The highest BCUT2D eigenvalue weighted by Gasteiger charge is 2.30. The molecule has 0 amide bonds. The van der Waals surface area contributed by atoms with Crippen molar-refractivity contribution in [1.29, 1.82) is 0 Å². The molecule has 1 fully saturated rings. The fourth-order valence-corrected chi connectivity index (χ4v) is 4.23. The molecule has 2 aromatic carbocycles. The fraction of sp³-hybridized carbons (Fsp3) is 0.400. The van der Waals surface area contributed by atoms with Gasteiger partial charge in [-0.25, -0.2) is 9.37 Å². The van der Waals surface area contributed by atoms with E-state index in [9.17, 15) is 14.3 Å². The molecule has 1 heterocycles. The predicted molar refractivity (Wildman–Crippen MR) is 147 cm³/mol. The van der Waals surface area contributed by atoms with E-state index in [0.717, 1.165) is 18.4 Å². The zero-order valence-electron chi connectivity index (χ0n) is 22.2. The Morgan fingerprint density at radius 1 is 1.13 bits per heavy atom. The highest BCUT2D eigenvalue weighted by Crippen LogP contribution is 2.36. The van der Waals surface area contributed by atoms with Crippen molar-refractivity contribution in [2.75, 3.05) is 13.7 Å². The molecule has 6 nitrogen and oxygen atoms in total. The average molecular weight is 541 g/mol. The first-order valence-electron chi connectivity index (χ1n) is 12.7. The molecule has 0 radical (unpaired) electrons. The second-order valence-corrected chi connectivity index (χ2v) is 11.1. The number of hydrogen-bond donors (Lipinski definition) is 2. The molecule has 4 rings (SSSR count). The first-order valence-corrected chi connectivity index (χ1v) is 13.1. The normalized spacial score (nSPS) is 15.2. The van der Waals surface area contributed by atoms with Crippen molar-refractivity contribution in [3.05, 3.63) is 76.2 Å².